The zero-order valence-electron chi connectivity index (χ0n) is 10.9. The van der Waals surface area contributed by atoms with Crippen LogP contribution in [-0.2, 0) is 14.3 Å². The van der Waals surface area contributed by atoms with Gasteiger partial charge in [0.1, 0.15) is 5.82 Å². The zero-order chi connectivity index (χ0) is 15.1. The number of ether oxygens (including phenoxy) is 1. The molecule has 7 heteroatoms. The third kappa shape index (κ3) is 2.49. The summed E-state index contributed by atoms with van der Waals surface area (Å²) in [7, 11) is 0. The van der Waals surface area contributed by atoms with E-state index in [0.29, 0.717) is 18.5 Å². The number of nitrogens with one attached hydrogen (secondary N) is 1. The van der Waals surface area contributed by atoms with E-state index in [1.165, 1.54) is 12.1 Å². The van der Waals surface area contributed by atoms with Crippen LogP contribution >= 0.6 is 11.6 Å². The molecule has 1 amide bonds. The second-order valence-electron chi connectivity index (χ2n) is 5.30. The number of hydrogen-bond donors (Lipinski definition) is 2. The molecule has 1 aromatic rings. The van der Waals surface area contributed by atoms with Crippen LogP contribution in [-0.4, -0.2) is 29.2 Å². The minimum Gasteiger partial charge on any atom is -0.481 e. The maximum atomic E-state index is 13.1. The second kappa shape index (κ2) is 5.27. The summed E-state index contributed by atoms with van der Waals surface area (Å²) < 4.78 is 18.6. The molecule has 1 aromatic carbocycles. The van der Waals surface area contributed by atoms with Crippen LogP contribution in [0.2, 0.25) is 5.02 Å². The molecule has 3 rings (SSSR count). The molecular weight excluding hydrogens is 301 g/mol. The number of aliphatic carboxylic acids is 1. The van der Waals surface area contributed by atoms with E-state index >= 15 is 0 Å². The molecule has 0 spiro atoms. The summed E-state index contributed by atoms with van der Waals surface area (Å²) in [6, 6.07) is 3.81. The van der Waals surface area contributed by atoms with Crippen molar-refractivity contribution in [3.05, 3.63) is 29.0 Å². The molecule has 4 atom stereocenters. The van der Waals surface area contributed by atoms with Gasteiger partial charge in [-0.2, -0.15) is 0 Å². The highest BCUT2D eigenvalue weighted by Gasteiger charge is 2.55. The van der Waals surface area contributed by atoms with E-state index in [2.05, 4.69) is 5.32 Å². The molecule has 2 aliphatic rings. The van der Waals surface area contributed by atoms with Crippen LogP contribution in [0.4, 0.5) is 10.1 Å². The molecule has 2 heterocycles. The summed E-state index contributed by atoms with van der Waals surface area (Å²) in [5, 5.41) is 11.8. The van der Waals surface area contributed by atoms with Crippen molar-refractivity contribution in [3.63, 3.8) is 0 Å². The average Bonchev–Trinajstić information content (AvgIpc) is 3.03. The number of carboxylic acid groups (broad SMARTS) is 1. The fourth-order valence-corrected chi connectivity index (χ4v) is 3.30. The van der Waals surface area contributed by atoms with Crippen molar-refractivity contribution < 1.29 is 23.8 Å². The van der Waals surface area contributed by atoms with E-state index in [9.17, 15) is 19.1 Å². The molecule has 5 nitrogen and oxygen atoms in total. The highest BCUT2D eigenvalue weighted by molar-refractivity contribution is 6.31. The summed E-state index contributed by atoms with van der Waals surface area (Å²) >= 11 is 5.65. The monoisotopic (exact) mass is 313 g/mol. The van der Waals surface area contributed by atoms with Gasteiger partial charge < -0.3 is 15.2 Å². The molecule has 0 unspecified atom stereocenters. The Kier molecular flexibility index (Phi) is 3.59. The molecule has 0 aromatic heterocycles. The highest BCUT2D eigenvalue weighted by atomic mass is 35.5. The van der Waals surface area contributed by atoms with Crippen LogP contribution < -0.4 is 5.32 Å². The lowest BCUT2D eigenvalue weighted by molar-refractivity contribution is -0.147. The first-order valence-electron chi connectivity index (χ1n) is 6.61. The smallest absolute Gasteiger partial charge is 0.310 e. The predicted molar refractivity (Wildman–Crippen MR) is 72.6 cm³/mol. The SMILES string of the molecule is O=C(Nc1ccc(F)c(Cl)c1)[C@@H]1[C@H](C(=O)O)[C@H]2CC[C@H]1O2. The molecule has 21 heavy (non-hydrogen) atoms. The van der Waals surface area contributed by atoms with Crippen LogP contribution in [0.5, 0.6) is 0 Å². The maximum absolute atomic E-state index is 13.1. The van der Waals surface area contributed by atoms with Crippen LogP contribution in [0, 0.1) is 17.7 Å². The van der Waals surface area contributed by atoms with Gasteiger partial charge in [-0.15, -0.1) is 0 Å². The predicted octanol–water partition coefficient (Wildman–Crippen LogP) is 2.30. The quantitative estimate of drug-likeness (QED) is 0.898. The Bertz CT molecular complexity index is 609. The molecule has 0 saturated carbocycles. The lowest BCUT2D eigenvalue weighted by Gasteiger charge is -2.23. The topological polar surface area (TPSA) is 75.6 Å². The number of carbonyl (C=O) groups excluding carboxylic acids is 1. The molecule has 112 valence electrons. The molecule has 2 aliphatic heterocycles. The largest absolute Gasteiger partial charge is 0.481 e. The van der Waals surface area contributed by atoms with E-state index in [-0.39, 0.29) is 11.1 Å². The number of rotatable bonds is 3. The summed E-state index contributed by atoms with van der Waals surface area (Å²) in [6.45, 7) is 0. The molecule has 2 bridgehead atoms. The number of hydrogen-bond acceptors (Lipinski definition) is 3. The number of halogens is 2. The third-order valence-corrected chi connectivity index (χ3v) is 4.34. The van der Waals surface area contributed by atoms with Gasteiger partial charge in [-0.3, -0.25) is 9.59 Å². The van der Waals surface area contributed by atoms with E-state index in [0.717, 1.165) is 6.07 Å². The van der Waals surface area contributed by atoms with Crippen molar-refractivity contribution in [2.75, 3.05) is 5.32 Å². The normalized spacial score (nSPS) is 30.4. The molecule has 2 N–H and O–H groups in total. The van der Waals surface area contributed by atoms with Gasteiger partial charge >= 0.3 is 5.97 Å². The fourth-order valence-electron chi connectivity index (χ4n) is 3.12. The van der Waals surface area contributed by atoms with Crippen molar-refractivity contribution >= 4 is 29.2 Å². The van der Waals surface area contributed by atoms with Gasteiger partial charge in [0.2, 0.25) is 5.91 Å². The van der Waals surface area contributed by atoms with Gasteiger partial charge in [-0.1, -0.05) is 11.6 Å². The standard InChI is InChI=1S/C14H13ClFNO4/c15-7-5-6(1-2-8(7)16)17-13(18)11-9-3-4-10(21-9)12(11)14(19)20/h1-2,5,9-12H,3-4H2,(H,17,18)(H,19,20)/t9-,10-,11+,12-/m1/s1. The van der Waals surface area contributed by atoms with Crippen LogP contribution in [0.3, 0.4) is 0 Å². The van der Waals surface area contributed by atoms with Gasteiger partial charge in [-0.05, 0) is 31.0 Å². The summed E-state index contributed by atoms with van der Waals surface area (Å²) in [4.78, 5) is 23.7. The first-order valence-corrected chi connectivity index (χ1v) is 6.99. The number of fused-ring (bicyclic) bond motifs is 2. The van der Waals surface area contributed by atoms with Gasteiger partial charge in [-0.25, -0.2) is 4.39 Å². The second-order valence-corrected chi connectivity index (χ2v) is 5.71. The molecular formula is C14H13ClFNO4. The first-order chi connectivity index (χ1) is 9.97. The van der Waals surface area contributed by atoms with Gasteiger partial charge in [0, 0.05) is 5.69 Å². The van der Waals surface area contributed by atoms with E-state index in [4.69, 9.17) is 16.3 Å². The van der Waals surface area contributed by atoms with Crippen LogP contribution in [0.25, 0.3) is 0 Å². The van der Waals surface area contributed by atoms with Crippen molar-refractivity contribution in [1.82, 2.24) is 0 Å². The number of carbonyl (C=O) groups is 2. The Balaban J connectivity index is 1.78. The Morgan fingerprint density at radius 3 is 2.57 bits per heavy atom. The van der Waals surface area contributed by atoms with Crippen molar-refractivity contribution in [2.45, 2.75) is 25.0 Å². The fraction of sp³-hybridized carbons (Fsp3) is 0.429. The van der Waals surface area contributed by atoms with E-state index < -0.39 is 35.6 Å². The number of anilines is 1. The third-order valence-electron chi connectivity index (χ3n) is 4.05. The molecule has 2 fully saturated rings. The lowest BCUT2D eigenvalue weighted by atomic mass is 9.78. The molecule has 2 saturated heterocycles. The van der Waals surface area contributed by atoms with Crippen molar-refractivity contribution in [2.24, 2.45) is 11.8 Å². The Morgan fingerprint density at radius 2 is 1.95 bits per heavy atom. The summed E-state index contributed by atoms with van der Waals surface area (Å²) in [5.41, 5.74) is 0.332. The van der Waals surface area contributed by atoms with Gasteiger partial charge in [0.05, 0.1) is 29.1 Å². The Morgan fingerprint density at radius 1 is 1.29 bits per heavy atom. The minimum absolute atomic E-state index is 0.105. The summed E-state index contributed by atoms with van der Waals surface area (Å²) in [6.07, 6.45) is 0.567. The minimum atomic E-state index is -1.03. The van der Waals surface area contributed by atoms with Gasteiger partial charge in [0.15, 0.2) is 0 Å². The Labute approximate surface area is 125 Å². The van der Waals surface area contributed by atoms with Crippen LogP contribution in [0.15, 0.2) is 18.2 Å². The van der Waals surface area contributed by atoms with E-state index in [1.54, 1.807) is 0 Å². The number of amides is 1. The van der Waals surface area contributed by atoms with Crippen LogP contribution in [0.1, 0.15) is 12.8 Å². The number of carboxylic acids is 1. The lowest BCUT2D eigenvalue weighted by Crippen LogP contribution is -2.40. The number of benzene rings is 1. The van der Waals surface area contributed by atoms with Gasteiger partial charge in [0.25, 0.3) is 0 Å². The maximum Gasteiger partial charge on any atom is 0.310 e. The van der Waals surface area contributed by atoms with Crippen molar-refractivity contribution in [1.29, 1.82) is 0 Å². The van der Waals surface area contributed by atoms with Crippen molar-refractivity contribution in [3.8, 4) is 0 Å². The first kappa shape index (κ1) is 14.3. The summed E-state index contributed by atoms with van der Waals surface area (Å²) in [5.74, 6) is -3.61. The molecule has 0 aliphatic carbocycles. The molecule has 0 radical (unpaired) electrons. The van der Waals surface area contributed by atoms with E-state index in [1.807, 2.05) is 0 Å². The zero-order valence-corrected chi connectivity index (χ0v) is 11.6. The Hall–Kier alpha value is -1.66. The average molecular weight is 314 g/mol. The highest BCUT2D eigenvalue weighted by Crippen LogP contribution is 2.44.